The molecule has 0 aliphatic carbocycles. The van der Waals surface area contributed by atoms with Crippen LogP contribution in [0.15, 0.2) is 48.5 Å². The summed E-state index contributed by atoms with van der Waals surface area (Å²) in [5.41, 5.74) is 1.76. The van der Waals surface area contributed by atoms with Crippen molar-refractivity contribution >= 4 is 55.5 Å². The van der Waals surface area contributed by atoms with Crippen LogP contribution in [-0.2, 0) is 20.0 Å². The zero-order valence-corrected chi connectivity index (χ0v) is 22.2. The predicted molar refractivity (Wildman–Crippen MR) is 147 cm³/mol. The molecule has 1 fully saturated rings. The Morgan fingerprint density at radius 3 is 2.49 bits per heavy atom. The lowest BCUT2D eigenvalue weighted by Gasteiger charge is -2.37. The number of para-hydroxylation sites is 2. The second kappa shape index (κ2) is 7.20. The quantitative estimate of drug-likeness (QED) is 0.315. The van der Waals surface area contributed by atoms with Gasteiger partial charge < -0.3 is 29.0 Å². The third-order valence-electron chi connectivity index (χ3n) is 9.68. The number of amides is 1. The second-order valence-electron chi connectivity index (χ2n) is 11.4. The molecular weight excluding hydrogens is 494 g/mol. The molecule has 1 saturated heterocycles. The molecule has 8 nitrogen and oxygen atoms in total. The first-order valence-corrected chi connectivity index (χ1v) is 13.6. The van der Waals surface area contributed by atoms with Crippen molar-refractivity contribution < 1.29 is 24.2 Å². The van der Waals surface area contributed by atoms with Gasteiger partial charge in [0.1, 0.15) is 6.23 Å². The fourth-order valence-corrected chi connectivity index (χ4v) is 7.65. The molecule has 0 spiro atoms. The highest BCUT2D eigenvalue weighted by molar-refractivity contribution is 6.31. The first-order valence-electron chi connectivity index (χ1n) is 13.6. The van der Waals surface area contributed by atoms with E-state index in [1.807, 2.05) is 47.0 Å². The van der Waals surface area contributed by atoms with Crippen LogP contribution < -0.4 is 5.32 Å². The molecule has 0 saturated carbocycles. The van der Waals surface area contributed by atoms with E-state index in [0.29, 0.717) is 5.56 Å². The summed E-state index contributed by atoms with van der Waals surface area (Å²) in [6.45, 7) is 6.08. The number of hydrogen-bond acceptors (Lipinski definition) is 5. The van der Waals surface area contributed by atoms with Crippen molar-refractivity contribution in [1.82, 2.24) is 14.5 Å². The van der Waals surface area contributed by atoms with Crippen molar-refractivity contribution in [3.05, 3.63) is 59.7 Å². The minimum absolute atomic E-state index is 0.0101. The number of esters is 1. The Bertz CT molecular complexity index is 1940. The lowest BCUT2D eigenvalue weighted by molar-refractivity contribution is -0.202. The zero-order chi connectivity index (χ0) is 27.0. The molecule has 198 valence electrons. The van der Waals surface area contributed by atoms with Crippen LogP contribution in [-0.4, -0.2) is 38.8 Å². The Hall–Kier alpha value is -3.88. The van der Waals surface area contributed by atoms with Crippen LogP contribution in [0, 0.1) is 5.92 Å². The minimum Gasteiger partial charge on any atom is -0.467 e. The van der Waals surface area contributed by atoms with Crippen molar-refractivity contribution in [1.29, 1.82) is 0 Å². The minimum atomic E-state index is -1.94. The topological polar surface area (TPSA) is 94.7 Å². The van der Waals surface area contributed by atoms with Gasteiger partial charge in [0.15, 0.2) is 5.72 Å². The van der Waals surface area contributed by atoms with Crippen LogP contribution in [0.1, 0.15) is 61.8 Å². The van der Waals surface area contributed by atoms with E-state index in [9.17, 15) is 14.7 Å². The van der Waals surface area contributed by atoms with E-state index in [1.165, 1.54) is 7.11 Å². The number of benzene rings is 3. The van der Waals surface area contributed by atoms with E-state index in [1.54, 1.807) is 6.92 Å². The smallest absolute Gasteiger partial charge is 0.343 e. The Labute approximate surface area is 224 Å². The molecule has 0 radical (unpaired) electrons. The van der Waals surface area contributed by atoms with Gasteiger partial charge in [-0.15, -0.1) is 0 Å². The number of methoxy groups -OCH3 is 1. The van der Waals surface area contributed by atoms with Gasteiger partial charge in [0.25, 0.3) is 5.91 Å². The Balaban J connectivity index is 1.71. The number of aliphatic hydroxyl groups is 1. The number of carbonyl (C=O) groups is 2. The molecule has 5 atom stereocenters. The molecule has 1 unspecified atom stereocenters. The van der Waals surface area contributed by atoms with Crippen LogP contribution in [0.25, 0.3) is 43.6 Å². The average molecular weight is 524 g/mol. The second-order valence-corrected chi connectivity index (χ2v) is 11.4. The molecule has 5 heterocycles. The highest BCUT2D eigenvalue weighted by atomic mass is 16.6. The molecule has 3 aliphatic heterocycles. The highest BCUT2D eigenvalue weighted by Crippen LogP contribution is 2.58. The summed E-state index contributed by atoms with van der Waals surface area (Å²) in [6.07, 6.45) is 0.252. The molecule has 3 aromatic carbocycles. The molecule has 5 aromatic rings. The predicted octanol–water partition coefficient (Wildman–Crippen LogP) is 5.24. The van der Waals surface area contributed by atoms with Crippen molar-refractivity contribution in [2.75, 3.05) is 7.11 Å². The van der Waals surface area contributed by atoms with Gasteiger partial charge in [-0.05, 0) is 30.5 Å². The van der Waals surface area contributed by atoms with Crippen molar-refractivity contribution in [3.8, 4) is 0 Å². The molecule has 1 amide bonds. The number of nitrogens with one attached hydrogen (secondary N) is 1. The summed E-state index contributed by atoms with van der Waals surface area (Å²) < 4.78 is 16.0. The van der Waals surface area contributed by atoms with Crippen molar-refractivity contribution in [2.45, 2.75) is 57.2 Å². The molecule has 39 heavy (non-hydrogen) atoms. The van der Waals surface area contributed by atoms with E-state index in [0.717, 1.165) is 55.6 Å². The lowest BCUT2D eigenvalue weighted by atomic mass is 9.87. The molecule has 3 aliphatic rings. The molecule has 8 heteroatoms. The van der Waals surface area contributed by atoms with E-state index in [2.05, 4.69) is 29.8 Å². The van der Waals surface area contributed by atoms with Crippen LogP contribution in [0.3, 0.4) is 0 Å². The maximum Gasteiger partial charge on any atom is 0.343 e. The third-order valence-corrected chi connectivity index (χ3v) is 9.68. The van der Waals surface area contributed by atoms with Gasteiger partial charge in [-0.1, -0.05) is 56.7 Å². The van der Waals surface area contributed by atoms with Crippen LogP contribution >= 0.6 is 0 Å². The largest absolute Gasteiger partial charge is 0.467 e. The standard InChI is InChI=1S/C31H29N3O5/c1-5-15(2)25-23-21-17-11-7-9-13-19(17)34-27(21)26-22(24(23)28(35)32-25)16-10-6-8-12-18(16)33(26)20-14-31(37,29(36)38-4)30(34,3)39-20/h6-13,15,20,25,37H,5,14H2,1-4H3,(H,32,35)/t15?,20-,25-,30+,31+/m0/s1. The molecule has 2 bridgehead atoms. The fraction of sp³-hybridized carbons (Fsp3) is 0.355. The van der Waals surface area contributed by atoms with Gasteiger partial charge >= 0.3 is 5.97 Å². The Morgan fingerprint density at radius 1 is 1.13 bits per heavy atom. The summed E-state index contributed by atoms with van der Waals surface area (Å²) in [5, 5.41) is 19.2. The maximum absolute atomic E-state index is 13.8. The number of hydrogen-bond donors (Lipinski definition) is 2. The first-order chi connectivity index (χ1) is 18.8. The fourth-order valence-electron chi connectivity index (χ4n) is 7.65. The Kier molecular flexibility index (Phi) is 4.25. The van der Waals surface area contributed by atoms with E-state index < -0.39 is 23.5 Å². The molecule has 2 N–H and O–H groups in total. The van der Waals surface area contributed by atoms with E-state index in [4.69, 9.17) is 9.47 Å². The lowest BCUT2D eigenvalue weighted by Crippen LogP contribution is -2.56. The third kappa shape index (κ3) is 2.40. The number of carbonyl (C=O) groups excluding carboxylic acids is 2. The average Bonchev–Trinajstić information content (AvgIpc) is 3.63. The van der Waals surface area contributed by atoms with E-state index >= 15 is 0 Å². The molecule has 8 rings (SSSR count). The normalized spacial score (nSPS) is 28.0. The zero-order valence-electron chi connectivity index (χ0n) is 22.2. The summed E-state index contributed by atoms with van der Waals surface area (Å²) in [4.78, 5) is 27.2. The van der Waals surface area contributed by atoms with Crippen molar-refractivity contribution in [2.24, 2.45) is 5.92 Å². The van der Waals surface area contributed by atoms with Crippen molar-refractivity contribution in [3.63, 3.8) is 0 Å². The SMILES string of the molecule is CCC(C)[C@@H]1NC(=O)c2c1c1c3ccccc3n3c1c1c2c2ccccc2n1[C@@H]1C[C@@](O)(C(=O)OC)[C@@]3(C)O1. The van der Waals surface area contributed by atoms with Gasteiger partial charge in [-0.3, -0.25) is 4.79 Å². The number of ether oxygens (including phenoxy) is 2. The summed E-state index contributed by atoms with van der Waals surface area (Å²) in [5.74, 6) is -0.596. The number of rotatable bonds is 3. The molecular formula is C31H29N3O5. The summed E-state index contributed by atoms with van der Waals surface area (Å²) in [6, 6.07) is 15.8. The number of fused-ring (bicyclic) bond motifs is 13. The van der Waals surface area contributed by atoms with Gasteiger partial charge in [-0.25, -0.2) is 4.79 Å². The monoisotopic (exact) mass is 523 g/mol. The van der Waals surface area contributed by atoms with Gasteiger partial charge in [-0.2, -0.15) is 0 Å². The summed E-state index contributed by atoms with van der Waals surface area (Å²) >= 11 is 0. The number of aromatic nitrogens is 2. The van der Waals surface area contributed by atoms with Gasteiger partial charge in [0.05, 0.1) is 40.8 Å². The highest BCUT2D eigenvalue weighted by Gasteiger charge is 2.66. The maximum atomic E-state index is 13.8. The van der Waals surface area contributed by atoms with Gasteiger partial charge in [0.2, 0.25) is 5.60 Å². The van der Waals surface area contributed by atoms with Crippen LogP contribution in [0.5, 0.6) is 0 Å². The first kappa shape index (κ1) is 23.0. The van der Waals surface area contributed by atoms with E-state index in [-0.39, 0.29) is 24.3 Å². The Morgan fingerprint density at radius 2 is 1.79 bits per heavy atom. The molecule has 2 aromatic heterocycles. The van der Waals surface area contributed by atoms with Crippen LogP contribution in [0.2, 0.25) is 0 Å². The number of nitrogens with zero attached hydrogens (tertiary/aromatic N) is 2. The van der Waals surface area contributed by atoms with Crippen LogP contribution in [0.4, 0.5) is 0 Å². The summed E-state index contributed by atoms with van der Waals surface area (Å²) in [7, 11) is 1.29. The van der Waals surface area contributed by atoms with Gasteiger partial charge in [0, 0.05) is 28.0 Å².